The van der Waals surface area contributed by atoms with Crippen molar-refractivity contribution >= 4 is 38.6 Å². The Morgan fingerprint density at radius 2 is 1.86 bits per heavy atom. The molecule has 0 spiro atoms. The summed E-state index contributed by atoms with van der Waals surface area (Å²) in [5.74, 6) is -3.74. The molecule has 36 heavy (non-hydrogen) atoms. The molecule has 0 bridgehead atoms. The van der Waals surface area contributed by atoms with Gasteiger partial charge in [-0.2, -0.15) is 13.2 Å². The smallest absolute Gasteiger partial charge is 0.371 e. The predicted octanol–water partition coefficient (Wildman–Crippen LogP) is 6.30. The monoisotopic (exact) mass is 550 g/mol. The maximum Gasteiger partial charge on any atom is 0.417 e. The Hall–Kier alpha value is -2.47. The summed E-state index contributed by atoms with van der Waals surface area (Å²) in [6, 6.07) is 4.56. The zero-order valence-corrected chi connectivity index (χ0v) is 20.8. The highest BCUT2D eigenvalue weighted by atomic mass is 35.5. The summed E-state index contributed by atoms with van der Waals surface area (Å²) < 4.78 is 88.1. The largest absolute Gasteiger partial charge is 0.417 e. The normalized spacial score (nSPS) is 20.8. The van der Waals surface area contributed by atoms with Crippen molar-refractivity contribution < 1.29 is 31.0 Å². The van der Waals surface area contributed by atoms with Gasteiger partial charge in [-0.3, -0.25) is 14.6 Å². The second kappa shape index (κ2) is 9.13. The van der Waals surface area contributed by atoms with E-state index in [4.69, 9.17) is 16.4 Å². The van der Waals surface area contributed by atoms with Crippen LogP contribution in [-0.4, -0.2) is 40.4 Å². The lowest BCUT2D eigenvalue weighted by atomic mass is 10.1. The minimum Gasteiger partial charge on any atom is -0.371 e. The fourth-order valence-corrected chi connectivity index (χ4v) is 6.10. The van der Waals surface area contributed by atoms with Crippen molar-refractivity contribution in [2.45, 2.75) is 48.9 Å². The van der Waals surface area contributed by atoms with Crippen LogP contribution in [0.3, 0.4) is 0 Å². The third-order valence-electron chi connectivity index (χ3n) is 6.63. The first kappa shape index (κ1) is 26.6. The number of alkyl halides is 5. The van der Waals surface area contributed by atoms with Crippen LogP contribution in [0.1, 0.15) is 53.7 Å². The molecule has 2 N–H and O–H groups in total. The molecule has 1 saturated carbocycles. The average Bonchev–Trinajstić information content (AvgIpc) is 3.58. The van der Waals surface area contributed by atoms with Crippen molar-refractivity contribution in [3.8, 4) is 0 Å². The number of halogens is 6. The summed E-state index contributed by atoms with van der Waals surface area (Å²) in [7, 11) is -2.97. The molecule has 1 unspecified atom stereocenters. The van der Waals surface area contributed by atoms with E-state index in [2.05, 4.69) is 10.3 Å². The van der Waals surface area contributed by atoms with E-state index in [-0.39, 0.29) is 36.4 Å². The van der Waals surface area contributed by atoms with E-state index in [1.54, 1.807) is 0 Å². The van der Waals surface area contributed by atoms with E-state index < -0.39 is 55.9 Å². The van der Waals surface area contributed by atoms with Crippen LogP contribution in [0.4, 0.5) is 33.3 Å². The van der Waals surface area contributed by atoms with Crippen LogP contribution in [0, 0.1) is 4.78 Å². The van der Waals surface area contributed by atoms with Crippen LogP contribution < -0.4 is 10.2 Å². The maximum atomic E-state index is 13.9. The number of aromatic nitrogens is 1. The van der Waals surface area contributed by atoms with E-state index in [1.807, 2.05) is 0 Å². The SMILES string of the molecule is CS(=N)(=O)C1(c2cc(NC(=O)c3cc(Cl)c(C(F)(F)F)cc3N3CCCC(F)(F)CC3)ccn2)CC1. The minimum atomic E-state index is -4.81. The molecule has 1 aliphatic heterocycles. The molecule has 13 heteroatoms. The van der Waals surface area contributed by atoms with Crippen molar-refractivity contribution in [2.75, 3.05) is 29.6 Å². The Balaban J connectivity index is 1.70. The fourth-order valence-electron chi connectivity index (χ4n) is 4.44. The number of anilines is 2. The van der Waals surface area contributed by atoms with E-state index in [1.165, 1.54) is 29.5 Å². The first-order valence-electron chi connectivity index (χ1n) is 11.2. The molecule has 1 aromatic heterocycles. The zero-order valence-electron chi connectivity index (χ0n) is 19.2. The van der Waals surface area contributed by atoms with E-state index in [9.17, 15) is 31.0 Å². The molecule has 4 rings (SSSR count). The molecule has 2 fully saturated rings. The lowest BCUT2D eigenvalue weighted by molar-refractivity contribution is -0.137. The molecule has 2 heterocycles. The lowest BCUT2D eigenvalue weighted by Crippen LogP contribution is -2.29. The van der Waals surface area contributed by atoms with Crippen LogP contribution in [0.5, 0.6) is 0 Å². The lowest BCUT2D eigenvalue weighted by Gasteiger charge is -2.27. The van der Waals surface area contributed by atoms with Crippen LogP contribution in [0.15, 0.2) is 30.5 Å². The summed E-state index contributed by atoms with van der Waals surface area (Å²) in [4.78, 5) is 18.8. The highest BCUT2D eigenvalue weighted by Gasteiger charge is 2.52. The standard InChI is InChI=1S/C23H24ClF5N4O2S/c1-36(30,35)21(5-6-21)19-11-14(3-8-31-19)32-20(34)15-12-17(24)16(23(27,28)29)13-18(15)33-9-2-4-22(25,26)7-10-33/h3,8,11-13,30H,2,4-7,9-10H2,1H3,(H,31,32,34). The summed E-state index contributed by atoms with van der Waals surface area (Å²) in [5.41, 5.74) is -0.885. The molecule has 1 aromatic carbocycles. The number of benzene rings is 1. The molecule has 6 nitrogen and oxygen atoms in total. The summed E-state index contributed by atoms with van der Waals surface area (Å²) in [5, 5.41) is 1.91. The summed E-state index contributed by atoms with van der Waals surface area (Å²) >= 11 is 5.89. The number of carbonyl (C=O) groups is 1. The van der Waals surface area contributed by atoms with Gasteiger partial charge in [-0.1, -0.05) is 11.6 Å². The van der Waals surface area contributed by atoms with Crippen molar-refractivity contribution in [1.82, 2.24) is 4.98 Å². The number of carbonyl (C=O) groups excluding carboxylic acids is 1. The predicted molar refractivity (Wildman–Crippen MR) is 127 cm³/mol. The minimum absolute atomic E-state index is 0.0389. The summed E-state index contributed by atoms with van der Waals surface area (Å²) in [6.07, 6.45) is -2.00. The van der Waals surface area contributed by atoms with Crippen molar-refractivity contribution in [3.63, 3.8) is 0 Å². The van der Waals surface area contributed by atoms with Gasteiger partial charge < -0.3 is 10.2 Å². The molecule has 2 aliphatic rings. The Morgan fingerprint density at radius 3 is 2.47 bits per heavy atom. The van der Waals surface area contributed by atoms with Gasteiger partial charge in [0.15, 0.2) is 0 Å². The quantitative estimate of drug-likeness (QED) is 0.428. The molecule has 1 saturated heterocycles. The van der Waals surface area contributed by atoms with Crippen LogP contribution in [0.2, 0.25) is 5.02 Å². The van der Waals surface area contributed by atoms with Crippen molar-refractivity contribution in [3.05, 3.63) is 52.3 Å². The second-order valence-corrected chi connectivity index (χ2v) is 12.1. The number of pyridine rings is 1. The Bertz CT molecular complexity index is 1300. The van der Waals surface area contributed by atoms with E-state index >= 15 is 0 Å². The number of amides is 1. The van der Waals surface area contributed by atoms with Gasteiger partial charge in [0, 0.05) is 44.1 Å². The van der Waals surface area contributed by atoms with Gasteiger partial charge in [0.1, 0.15) is 0 Å². The van der Waals surface area contributed by atoms with Crippen LogP contribution in [0.25, 0.3) is 0 Å². The molecule has 0 radical (unpaired) electrons. The first-order valence-corrected chi connectivity index (χ1v) is 13.5. The van der Waals surface area contributed by atoms with Gasteiger partial charge in [0.25, 0.3) is 5.91 Å². The zero-order chi connectivity index (χ0) is 26.5. The third-order valence-corrected chi connectivity index (χ3v) is 9.05. The fraction of sp³-hybridized carbons (Fsp3) is 0.478. The highest BCUT2D eigenvalue weighted by molar-refractivity contribution is 7.92. The van der Waals surface area contributed by atoms with Gasteiger partial charge in [0.2, 0.25) is 5.92 Å². The molecule has 1 amide bonds. The number of nitrogens with zero attached hydrogens (tertiary/aromatic N) is 2. The maximum absolute atomic E-state index is 13.9. The third kappa shape index (κ3) is 5.29. The molecule has 1 atom stereocenters. The highest BCUT2D eigenvalue weighted by Crippen LogP contribution is 2.52. The van der Waals surface area contributed by atoms with Gasteiger partial charge in [-0.15, -0.1) is 0 Å². The number of hydrogen-bond donors (Lipinski definition) is 2. The van der Waals surface area contributed by atoms with E-state index in [0.29, 0.717) is 18.5 Å². The number of hydrogen-bond acceptors (Lipinski definition) is 5. The van der Waals surface area contributed by atoms with Crippen LogP contribution >= 0.6 is 11.6 Å². The average molecular weight is 551 g/mol. The second-order valence-electron chi connectivity index (χ2n) is 9.27. The van der Waals surface area contributed by atoms with Gasteiger partial charge in [-0.05, 0) is 43.5 Å². The molecule has 196 valence electrons. The molecular formula is C23H24ClF5N4O2S. The van der Waals surface area contributed by atoms with Crippen LogP contribution in [-0.2, 0) is 20.7 Å². The van der Waals surface area contributed by atoms with Gasteiger partial charge in [0.05, 0.1) is 42.0 Å². The van der Waals surface area contributed by atoms with Crippen molar-refractivity contribution in [2.24, 2.45) is 0 Å². The Kier molecular flexibility index (Phi) is 6.74. The topological polar surface area (TPSA) is 86.2 Å². The number of nitrogens with one attached hydrogen (secondary N) is 2. The van der Waals surface area contributed by atoms with E-state index in [0.717, 1.165) is 12.1 Å². The molecule has 2 aromatic rings. The van der Waals surface area contributed by atoms with Gasteiger partial charge >= 0.3 is 6.18 Å². The summed E-state index contributed by atoms with van der Waals surface area (Å²) in [6.45, 7) is -0.187. The van der Waals surface area contributed by atoms with Gasteiger partial charge in [-0.25, -0.2) is 13.0 Å². The first-order chi connectivity index (χ1) is 16.6. The Morgan fingerprint density at radius 1 is 1.17 bits per heavy atom. The Labute approximate surface area is 210 Å². The molecule has 1 aliphatic carbocycles. The van der Waals surface area contributed by atoms with Crippen molar-refractivity contribution in [1.29, 1.82) is 4.78 Å². The molecular weight excluding hydrogens is 527 g/mol. The number of rotatable bonds is 5.